The zero-order valence-electron chi connectivity index (χ0n) is 14.3. The van der Waals surface area contributed by atoms with Crippen LogP contribution in [-0.2, 0) is 12.8 Å². The van der Waals surface area contributed by atoms with Gasteiger partial charge in [0.15, 0.2) is 0 Å². The van der Waals surface area contributed by atoms with E-state index in [-0.39, 0.29) is 0 Å². The second-order valence-corrected chi connectivity index (χ2v) is 5.84. The lowest BCUT2D eigenvalue weighted by molar-refractivity contribution is 0.316. The molecule has 1 aromatic heterocycles. The van der Waals surface area contributed by atoms with Gasteiger partial charge in [0.25, 0.3) is 0 Å². The topological polar surface area (TPSA) is 35.3 Å². The Morgan fingerprint density at radius 1 is 0.958 bits per heavy atom. The van der Waals surface area contributed by atoms with E-state index in [1.54, 1.807) is 0 Å². The van der Waals surface area contributed by atoms with Crippen LogP contribution in [0.15, 0.2) is 59.0 Å². The predicted molar refractivity (Wildman–Crippen MR) is 96.3 cm³/mol. The molecule has 0 radical (unpaired) electrons. The first kappa shape index (κ1) is 16.3. The molecule has 0 atom stereocenters. The lowest BCUT2D eigenvalue weighted by Crippen LogP contribution is -2.04. The molecule has 0 bridgehead atoms. The van der Waals surface area contributed by atoms with Crippen LogP contribution < -0.4 is 4.74 Å². The van der Waals surface area contributed by atoms with E-state index >= 15 is 0 Å². The Balaban J connectivity index is 1.65. The number of hydrogen-bond acceptors (Lipinski definition) is 3. The van der Waals surface area contributed by atoms with Crippen LogP contribution in [0.25, 0.3) is 11.5 Å². The van der Waals surface area contributed by atoms with Crippen LogP contribution in [0.2, 0.25) is 0 Å². The van der Waals surface area contributed by atoms with Crippen LogP contribution in [0.3, 0.4) is 0 Å². The molecule has 3 rings (SSSR count). The fourth-order valence-electron chi connectivity index (χ4n) is 2.74. The van der Waals surface area contributed by atoms with Crippen molar-refractivity contribution in [2.75, 3.05) is 6.61 Å². The highest BCUT2D eigenvalue weighted by Gasteiger charge is 2.11. The van der Waals surface area contributed by atoms with Crippen LogP contribution in [0.4, 0.5) is 0 Å². The molecule has 1 heterocycles. The molecule has 124 valence electrons. The van der Waals surface area contributed by atoms with E-state index in [2.05, 4.69) is 24.0 Å². The van der Waals surface area contributed by atoms with Crippen molar-refractivity contribution in [1.82, 2.24) is 4.98 Å². The number of ether oxygens (including phenoxy) is 1. The van der Waals surface area contributed by atoms with Gasteiger partial charge in [-0.25, -0.2) is 4.98 Å². The number of oxazole rings is 1. The summed E-state index contributed by atoms with van der Waals surface area (Å²) in [5, 5.41) is 0. The highest BCUT2D eigenvalue weighted by Crippen LogP contribution is 2.23. The summed E-state index contributed by atoms with van der Waals surface area (Å²) in [5.74, 6) is 2.51. The number of hydrogen-bond donors (Lipinski definition) is 0. The molecule has 0 saturated carbocycles. The third kappa shape index (κ3) is 3.85. The van der Waals surface area contributed by atoms with Crippen molar-refractivity contribution in [2.24, 2.45) is 0 Å². The van der Waals surface area contributed by atoms with Crippen LogP contribution in [-0.4, -0.2) is 11.6 Å². The highest BCUT2D eigenvalue weighted by atomic mass is 16.5. The van der Waals surface area contributed by atoms with Crippen molar-refractivity contribution in [3.05, 3.63) is 71.6 Å². The number of benzene rings is 2. The van der Waals surface area contributed by atoms with Gasteiger partial charge in [-0.1, -0.05) is 49.7 Å². The fourth-order valence-corrected chi connectivity index (χ4v) is 2.74. The Labute approximate surface area is 143 Å². The SMILES string of the molecule is CCCc1ccccc1OCCc1nc(-c2ccccc2)oc1C. The molecule has 0 aliphatic rings. The Kier molecular flexibility index (Phi) is 5.32. The third-order valence-corrected chi connectivity index (χ3v) is 4.00. The van der Waals surface area contributed by atoms with E-state index < -0.39 is 0 Å². The number of aryl methyl sites for hydroxylation is 2. The molecule has 3 heteroatoms. The van der Waals surface area contributed by atoms with Crippen molar-refractivity contribution in [2.45, 2.75) is 33.1 Å². The molecule has 0 fully saturated rings. The number of para-hydroxylation sites is 1. The van der Waals surface area contributed by atoms with Gasteiger partial charge in [-0.2, -0.15) is 0 Å². The van der Waals surface area contributed by atoms with E-state index in [0.29, 0.717) is 12.5 Å². The molecular weight excluding hydrogens is 298 g/mol. The van der Waals surface area contributed by atoms with Gasteiger partial charge in [-0.05, 0) is 37.1 Å². The molecule has 0 aliphatic heterocycles. The minimum Gasteiger partial charge on any atom is -0.493 e. The first-order valence-electron chi connectivity index (χ1n) is 8.50. The monoisotopic (exact) mass is 321 g/mol. The number of aromatic nitrogens is 1. The normalized spacial score (nSPS) is 10.8. The summed E-state index contributed by atoms with van der Waals surface area (Å²) in [5.41, 5.74) is 3.23. The van der Waals surface area contributed by atoms with Crippen molar-refractivity contribution in [3.8, 4) is 17.2 Å². The Morgan fingerprint density at radius 2 is 1.71 bits per heavy atom. The standard InChI is InChI=1S/C21H23NO2/c1-3-9-17-10-7-8-13-20(17)23-15-14-19-16(2)24-21(22-19)18-11-5-4-6-12-18/h4-8,10-13H,3,9,14-15H2,1-2H3. The zero-order valence-corrected chi connectivity index (χ0v) is 14.3. The van der Waals surface area contributed by atoms with Gasteiger partial charge in [0.2, 0.25) is 5.89 Å². The molecule has 3 nitrogen and oxygen atoms in total. The maximum atomic E-state index is 5.98. The minimum atomic E-state index is 0.600. The first-order valence-corrected chi connectivity index (χ1v) is 8.50. The average Bonchev–Trinajstić information content (AvgIpc) is 2.98. The summed E-state index contributed by atoms with van der Waals surface area (Å²) >= 11 is 0. The number of nitrogens with zero attached hydrogens (tertiary/aromatic N) is 1. The van der Waals surface area contributed by atoms with E-state index in [1.165, 1.54) is 5.56 Å². The summed E-state index contributed by atoms with van der Waals surface area (Å²) in [7, 11) is 0. The third-order valence-electron chi connectivity index (χ3n) is 4.00. The van der Waals surface area contributed by atoms with Crippen LogP contribution in [0.5, 0.6) is 5.75 Å². The largest absolute Gasteiger partial charge is 0.493 e. The first-order chi connectivity index (χ1) is 11.8. The van der Waals surface area contributed by atoms with E-state index in [1.807, 2.05) is 49.4 Å². The number of rotatable bonds is 7. The molecule has 0 saturated heterocycles. The molecule has 0 unspecified atom stereocenters. The highest BCUT2D eigenvalue weighted by molar-refractivity contribution is 5.53. The van der Waals surface area contributed by atoms with E-state index in [0.717, 1.165) is 42.0 Å². The van der Waals surface area contributed by atoms with Gasteiger partial charge < -0.3 is 9.15 Å². The summed E-state index contributed by atoms with van der Waals surface area (Å²) in [6.45, 7) is 4.74. The van der Waals surface area contributed by atoms with Crippen molar-refractivity contribution in [1.29, 1.82) is 0 Å². The Morgan fingerprint density at radius 3 is 2.50 bits per heavy atom. The van der Waals surface area contributed by atoms with Crippen molar-refractivity contribution >= 4 is 0 Å². The van der Waals surface area contributed by atoms with Gasteiger partial charge in [-0.3, -0.25) is 0 Å². The smallest absolute Gasteiger partial charge is 0.226 e. The van der Waals surface area contributed by atoms with Gasteiger partial charge >= 0.3 is 0 Å². The van der Waals surface area contributed by atoms with Crippen LogP contribution in [0, 0.1) is 6.92 Å². The van der Waals surface area contributed by atoms with E-state index in [4.69, 9.17) is 9.15 Å². The lowest BCUT2D eigenvalue weighted by atomic mass is 10.1. The average molecular weight is 321 g/mol. The molecule has 0 spiro atoms. The van der Waals surface area contributed by atoms with Crippen LogP contribution >= 0.6 is 0 Å². The molecule has 0 N–H and O–H groups in total. The Hall–Kier alpha value is -2.55. The molecule has 24 heavy (non-hydrogen) atoms. The van der Waals surface area contributed by atoms with Crippen molar-refractivity contribution in [3.63, 3.8) is 0 Å². The summed E-state index contributed by atoms with van der Waals surface area (Å²) < 4.78 is 11.8. The van der Waals surface area contributed by atoms with Crippen LogP contribution in [0.1, 0.15) is 30.4 Å². The molecular formula is C21H23NO2. The maximum Gasteiger partial charge on any atom is 0.226 e. The summed E-state index contributed by atoms with van der Waals surface area (Å²) in [6, 6.07) is 18.2. The van der Waals surface area contributed by atoms with Gasteiger partial charge in [0, 0.05) is 12.0 Å². The van der Waals surface area contributed by atoms with Gasteiger partial charge in [-0.15, -0.1) is 0 Å². The second-order valence-electron chi connectivity index (χ2n) is 5.84. The maximum absolute atomic E-state index is 5.98. The molecule has 0 aliphatic carbocycles. The molecule has 3 aromatic rings. The molecule has 0 amide bonds. The zero-order chi connectivity index (χ0) is 16.8. The Bertz CT molecular complexity index is 778. The minimum absolute atomic E-state index is 0.600. The summed E-state index contributed by atoms with van der Waals surface area (Å²) in [6.07, 6.45) is 2.89. The lowest BCUT2D eigenvalue weighted by Gasteiger charge is -2.10. The van der Waals surface area contributed by atoms with E-state index in [9.17, 15) is 0 Å². The molecule has 2 aromatic carbocycles. The van der Waals surface area contributed by atoms with Crippen molar-refractivity contribution < 1.29 is 9.15 Å². The second kappa shape index (κ2) is 7.82. The fraction of sp³-hybridized carbons (Fsp3) is 0.286. The van der Waals surface area contributed by atoms with Gasteiger partial charge in [0.1, 0.15) is 11.5 Å². The predicted octanol–water partition coefficient (Wildman–Crippen LogP) is 5.22. The quantitative estimate of drug-likeness (QED) is 0.598. The van der Waals surface area contributed by atoms with Gasteiger partial charge in [0.05, 0.1) is 12.3 Å². The summed E-state index contributed by atoms with van der Waals surface area (Å²) in [4.78, 5) is 4.62.